The van der Waals surface area contributed by atoms with Crippen LogP contribution >= 0.6 is 11.6 Å². The van der Waals surface area contributed by atoms with Crippen LogP contribution < -0.4 is 4.90 Å². The number of esters is 1. The first-order chi connectivity index (χ1) is 18.2. The summed E-state index contributed by atoms with van der Waals surface area (Å²) in [5, 5.41) is 1.91. The average Bonchev–Trinajstić information content (AvgIpc) is 3.21. The first kappa shape index (κ1) is 26.6. The van der Waals surface area contributed by atoms with Crippen molar-refractivity contribution in [1.29, 1.82) is 0 Å². The summed E-state index contributed by atoms with van der Waals surface area (Å²) in [5.74, 6) is -1.23. The molecule has 0 bridgehead atoms. The van der Waals surface area contributed by atoms with E-state index in [0.717, 1.165) is 27.5 Å². The fraction of sp³-hybridized carbons (Fsp3) is 0.129. The van der Waals surface area contributed by atoms with Crippen LogP contribution in [-0.4, -0.2) is 42.8 Å². The van der Waals surface area contributed by atoms with E-state index in [1.54, 1.807) is 36.5 Å². The number of ketones is 2. The molecule has 0 atom stereocenters. The highest BCUT2D eigenvalue weighted by molar-refractivity contribution is 6.35. The summed E-state index contributed by atoms with van der Waals surface area (Å²) in [5.41, 5.74) is 3.83. The Labute approximate surface area is 226 Å². The van der Waals surface area contributed by atoms with Crippen LogP contribution in [0.5, 0.6) is 0 Å². The average molecular weight is 527 g/mol. The number of anilines is 1. The first-order valence-corrected chi connectivity index (χ1v) is 12.3. The van der Waals surface area contributed by atoms with Gasteiger partial charge >= 0.3 is 5.97 Å². The Hall–Kier alpha value is -4.42. The minimum atomic E-state index is -0.467. The van der Waals surface area contributed by atoms with Gasteiger partial charge in [0.25, 0.3) is 0 Å². The zero-order valence-electron chi connectivity index (χ0n) is 21.5. The van der Waals surface area contributed by atoms with Crippen molar-refractivity contribution in [2.75, 3.05) is 25.6 Å². The lowest BCUT2D eigenvalue weighted by atomic mass is 9.97. The van der Waals surface area contributed by atoms with Gasteiger partial charge in [0, 0.05) is 47.3 Å². The summed E-state index contributed by atoms with van der Waals surface area (Å²) in [6, 6.07) is 15.9. The van der Waals surface area contributed by atoms with Crippen LogP contribution in [0.15, 0.2) is 79.4 Å². The summed E-state index contributed by atoms with van der Waals surface area (Å²) < 4.78 is 7.06. The highest BCUT2D eigenvalue weighted by Crippen LogP contribution is 2.35. The first-order valence-electron chi connectivity index (χ1n) is 11.9. The molecular formula is C31H27ClN2O4. The van der Waals surface area contributed by atoms with Crippen LogP contribution in [0.1, 0.15) is 33.2 Å². The highest BCUT2D eigenvalue weighted by atomic mass is 35.5. The zero-order valence-corrected chi connectivity index (χ0v) is 22.2. The molecule has 1 aromatic heterocycles. The van der Waals surface area contributed by atoms with Crippen LogP contribution in [0, 0.1) is 0 Å². The number of ether oxygens (including phenoxy) is 1. The molecule has 0 saturated heterocycles. The van der Waals surface area contributed by atoms with Gasteiger partial charge in [-0.15, -0.1) is 0 Å². The van der Waals surface area contributed by atoms with Crippen molar-refractivity contribution in [3.63, 3.8) is 0 Å². The Morgan fingerprint density at radius 3 is 2.21 bits per heavy atom. The van der Waals surface area contributed by atoms with E-state index in [1.807, 2.05) is 47.8 Å². The van der Waals surface area contributed by atoms with E-state index in [0.29, 0.717) is 21.7 Å². The lowest BCUT2D eigenvalue weighted by Crippen LogP contribution is -2.12. The molecule has 0 spiro atoms. The largest absolute Gasteiger partial charge is 0.458 e. The second-order valence-corrected chi connectivity index (χ2v) is 9.35. The summed E-state index contributed by atoms with van der Waals surface area (Å²) >= 11 is 6.65. The molecule has 0 aliphatic carbocycles. The fourth-order valence-corrected chi connectivity index (χ4v) is 4.50. The van der Waals surface area contributed by atoms with E-state index in [2.05, 4.69) is 13.2 Å². The number of hydrogen-bond acceptors (Lipinski definition) is 5. The number of nitrogens with zero attached hydrogens (tertiary/aromatic N) is 2. The number of allylic oxidation sites excluding steroid dienone is 1. The maximum atomic E-state index is 13.3. The summed E-state index contributed by atoms with van der Waals surface area (Å²) in [6.45, 7) is 8.94. The van der Waals surface area contributed by atoms with Gasteiger partial charge in [-0.1, -0.05) is 30.8 Å². The molecular weight excluding hydrogens is 500 g/mol. The van der Waals surface area contributed by atoms with Crippen molar-refractivity contribution in [1.82, 2.24) is 4.57 Å². The topological polar surface area (TPSA) is 68.6 Å². The molecule has 6 nitrogen and oxygen atoms in total. The Kier molecular flexibility index (Phi) is 7.65. The molecule has 7 heteroatoms. The summed E-state index contributed by atoms with van der Waals surface area (Å²) in [6.07, 6.45) is 4.69. The summed E-state index contributed by atoms with van der Waals surface area (Å²) in [7, 11) is 3.82. The van der Waals surface area contributed by atoms with E-state index in [4.69, 9.17) is 16.3 Å². The van der Waals surface area contributed by atoms with Gasteiger partial charge in [-0.25, -0.2) is 4.79 Å². The van der Waals surface area contributed by atoms with Crippen LogP contribution in [0.25, 0.3) is 34.1 Å². The lowest BCUT2D eigenvalue weighted by Gasteiger charge is -2.12. The van der Waals surface area contributed by atoms with Gasteiger partial charge in [-0.3, -0.25) is 9.59 Å². The van der Waals surface area contributed by atoms with E-state index >= 15 is 0 Å². The Bertz CT molecular complexity index is 1640. The molecule has 3 aromatic carbocycles. The molecule has 0 unspecified atom stereocenters. The third-order valence-electron chi connectivity index (χ3n) is 6.24. The maximum Gasteiger partial charge on any atom is 0.338 e. The number of aromatic nitrogens is 1. The molecule has 0 N–H and O–H groups in total. The number of benzene rings is 3. The smallest absolute Gasteiger partial charge is 0.338 e. The van der Waals surface area contributed by atoms with Gasteiger partial charge in [-0.2, -0.15) is 0 Å². The highest BCUT2D eigenvalue weighted by Gasteiger charge is 2.19. The molecule has 192 valence electrons. The SMILES string of the molecule is C=CCOC(=O)c1ccc2c(c1)c1cc(C=C(C(C)=O)C(=O)c3ccc(N(C)C)cc3)c(Cl)cc1n2C=C. The maximum absolute atomic E-state index is 13.3. The van der Waals surface area contributed by atoms with E-state index < -0.39 is 5.97 Å². The minimum Gasteiger partial charge on any atom is -0.458 e. The number of Topliss-reactive ketones (excluding diaryl/α,β-unsaturated/α-hetero) is 2. The Morgan fingerprint density at radius 1 is 0.947 bits per heavy atom. The van der Waals surface area contributed by atoms with Gasteiger partial charge in [-0.05, 0) is 73.2 Å². The Morgan fingerprint density at radius 2 is 1.61 bits per heavy atom. The van der Waals surface area contributed by atoms with E-state index in [-0.39, 0.29) is 23.7 Å². The van der Waals surface area contributed by atoms with Gasteiger partial charge in [0.05, 0.1) is 22.2 Å². The van der Waals surface area contributed by atoms with Crippen LogP contribution in [-0.2, 0) is 9.53 Å². The molecule has 0 radical (unpaired) electrons. The molecule has 38 heavy (non-hydrogen) atoms. The molecule has 0 aliphatic rings. The zero-order chi connectivity index (χ0) is 27.6. The number of fused-ring (bicyclic) bond motifs is 3. The van der Waals surface area contributed by atoms with Crippen LogP contribution in [0.3, 0.4) is 0 Å². The number of carbonyl (C=O) groups is 3. The molecule has 4 aromatic rings. The van der Waals surface area contributed by atoms with Crippen molar-refractivity contribution in [2.45, 2.75) is 6.92 Å². The molecule has 0 saturated carbocycles. The number of hydrogen-bond donors (Lipinski definition) is 0. The quantitative estimate of drug-likeness (QED) is 0.0598. The molecule has 1 heterocycles. The van der Waals surface area contributed by atoms with Crippen LogP contribution in [0.2, 0.25) is 5.02 Å². The number of halogens is 1. The molecule has 0 amide bonds. The molecule has 0 fully saturated rings. The predicted molar refractivity (Wildman–Crippen MR) is 155 cm³/mol. The van der Waals surface area contributed by atoms with Crippen LogP contribution in [0.4, 0.5) is 5.69 Å². The van der Waals surface area contributed by atoms with Crippen molar-refractivity contribution < 1.29 is 19.1 Å². The second kappa shape index (κ2) is 10.9. The third kappa shape index (κ3) is 5.04. The van der Waals surface area contributed by atoms with Gasteiger partial charge in [0.2, 0.25) is 0 Å². The van der Waals surface area contributed by atoms with Crippen molar-refractivity contribution in [2.24, 2.45) is 0 Å². The molecule has 0 aliphatic heterocycles. The van der Waals surface area contributed by atoms with Crippen molar-refractivity contribution >= 4 is 68.9 Å². The minimum absolute atomic E-state index is 0.0185. The normalized spacial score (nSPS) is 11.4. The second-order valence-electron chi connectivity index (χ2n) is 8.95. The van der Waals surface area contributed by atoms with Crippen molar-refractivity contribution in [3.8, 4) is 0 Å². The number of rotatable bonds is 9. The standard InChI is InChI=1S/C31H27ClN2O4/c1-6-14-38-31(37)21-10-13-28-25(15-21)26-17-22(27(32)18-29(26)34(28)7-2)16-24(19(3)35)30(36)20-8-11-23(12-9-20)33(4)5/h6-13,15-18H,1-2,14H2,3-5H3. The lowest BCUT2D eigenvalue weighted by molar-refractivity contribution is -0.113. The predicted octanol–water partition coefficient (Wildman–Crippen LogP) is 6.81. The van der Waals surface area contributed by atoms with Gasteiger partial charge < -0.3 is 14.2 Å². The third-order valence-corrected chi connectivity index (χ3v) is 6.57. The molecule has 4 rings (SSSR count). The Balaban J connectivity index is 1.86. The van der Waals surface area contributed by atoms with Gasteiger partial charge in [0.15, 0.2) is 11.6 Å². The van der Waals surface area contributed by atoms with E-state index in [1.165, 1.54) is 19.1 Å². The monoisotopic (exact) mass is 526 g/mol. The summed E-state index contributed by atoms with van der Waals surface area (Å²) in [4.78, 5) is 40.2. The van der Waals surface area contributed by atoms with Crippen molar-refractivity contribution in [3.05, 3.63) is 101 Å². The van der Waals surface area contributed by atoms with E-state index in [9.17, 15) is 14.4 Å². The fourth-order valence-electron chi connectivity index (χ4n) is 4.29. The number of carbonyl (C=O) groups excluding carboxylic acids is 3. The van der Waals surface area contributed by atoms with Gasteiger partial charge in [0.1, 0.15) is 6.61 Å².